The third kappa shape index (κ3) is 1.62. The second-order valence-corrected chi connectivity index (χ2v) is 3.83. The maximum absolute atomic E-state index is 11.2. The molecule has 2 aromatic heterocycles. The largest absolute Gasteiger partial charge is 0.478 e. The molecule has 88 valence electrons. The van der Waals surface area contributed by atoms with E-state index in [9.17, 15) is 4.79 Å². The highest BCUT2D eigenvalue weighted by molar-refractivity contribution is 5.95. The molecule has 0 saturated heterocycles. The van der Waals surface area contributed by atoms with E-state index in [-0.39, 0.29) is 5.56 Å². The SMILES string of the molecule is O=C(O)c1ccccc1-c1nc2ccncc2[nH]1. The molecule has 5 nitrogen and oxygen atoms in total. The zero-order valence-electron chi connectivity index (χ0n) is 9.29. The van der Waals surface area contributed by atoms with Crippen LogP contribution >= 0.6 is 0 Å². The number of fused-ring (bicyclic) bond motifs is 1. The molecule has 0 fully saturated rings. The minimum Gasteiger partial charge on any atom is -0.478 e. The molecule has 1 aromatic carbocycles. The molecule has 3 aromatic rings. The van der Waals surface area contributed by atoms with Gasteiger partial charge in [0.25, 0.3) is 0 Å². The number of aromatic carboxylic acids is 1. The summed E-state index contributed by atoms with van der Waals surface area (Å²) in [6, 6.07) is 8.54. The van der Waals surface area contributed by atoms with E-state index >= 15 is 0 Å². The van der Waals surface area contributed by atoms with Crippen molar-refractivity contribution in [2.75, 3.05) is 0 Å². The fraction of sp³-hybridized carbons (Fsp3) is 0. The second-order valence-electron chi connectivity index (χ2n) is 3.83. The molecule has 0 bridgehead atoms. The number of nitrogens with one attached hydrogen (secondary N) is 1. The van der Waals surface area contributed by atoms with Crippen LogP contribution in [0.1, 0.15) is 10.4 Å². The van der Waals surface area contributed by atoms with E-state index in [1.165, 1.54) is 0 Å². The lowest BCUT2D eigenvalue weighted by Gasteiger charge is -2.01. The summed E-state index contributed by atoms with van der Waals surface area (Å²) in [5.74, 6) is -0.430. The van der Waals surface area contributed by atoms with Crippen LogP contribution in [0.4, 0.5) is 0 Å². The molecule has 0 atom stereocenters. The first kappa shape index (κ1) is 10.5. The van der Waals surface area contributed by atoms with Crippen LogP contribution in [-0.4, -0.2) is 26.0 Å². The van der Waals surface area contributed by atoms with Gasteiger partial charge < -0.3 is 10.1 Å². The molecule has 3 rings (SSSR count). The molecule has 5 heteroatoms. The van der Waals surface area contributed by atoms with Gasteiger partial charge in [-0.3, -0.25) is 4.98 Å². The van der Waals surface area contributed by atoms with E-state index in [0.717, 1.165) is 11.0 Å². The molecule has 18 heavy (non-hydrogen) atoms. The van der Waals surface area contributed by atoms with Gasteiger partial charge in [-0.2, -0.15) is 0 Å². The van der Waals surface area contributed by atoms with Crippen molar-refractivity contribution in [3.05, 3.63) is 48.3 Å². The van der Waals surface area contributed by atoms with Gasteiger partial charge in [-0.15, -0.1) is 0 Å². The first-order chi connectivity index (χ1) is 8.75. The van der Waals surface area contributed by atoms with Gasteiger partial charge >= 0.3 is 5.97 Å². The number of hydrogen-bond donors (Lipinski definition) is 2. The third-order valence-electron chi connectivity index (χ3n) is 2.70. The number of carboxylic acid groups (broad SMARTS) is 1. The molecular weight excluding hydrogens is 230 g/mol. The second kappa shape index (κ2) is 3.96. The molecule has 0 amide bonds. The van der Waals surface area contributed by atoms with Crippen molar-refractivity contribution in [2.45, 2.75) is 0 Å². The van der Waals surface area contributed by atoms with Crippen molar-refractivity contribution in [3.8, 4) is 11.4 Å². The molecule has 0 aliphatic carbocycles. The molecule has 0 unspecified atom stereocenters. The van der Waals surface area contributed by atoms with Gasteiger partial charge in [0.15, 0.2) is 0 Å². The third-order valence-corrected chi connectivity index (χ3v) is 2.70. The van der Waals surface area contributed by atoms with Gasteiger partial charge in [-0.25, -0.2) is 9.78 Å². The smallest absolute Gasteiger partial charge is 0.336 e. The van der Waals surface area contributed by atoms with Gasteiger partial charge in [0.05, 0.1) is 22.8 Å². The number of carbonyl (C=O) groups is 1. The summed E-state index contributed by atoms with van der Waals surface area (Å²) in [6.07, 6.45) is 3.31. The van der Waals surface area contributed by atoms with Gasteiger partial charge in [-0.05, 0) is 12.1 Å². The number of imidazole rings is 1. The van der Waals surface area contributed by atoms with Gasteiger partial charge in [-0.1, -0.05) is 18.2 Å². The minimum atomic E-state index is -0.968. The number of H-pyrrole nitrogens is 1. The van der Waals surface area contributed by atoms with Crippen LogP contribution in [0.25, 0.3) is 22.4 Å². The summed E-state index contributed by atoms with van der Waals surface area (Å²) in [7, 11) is 0. The first-order valence-corrected chi connectivity index (χ1v) is 5.38. The Bertz CT molecular complexity index is 701. The zero-order chi connectivity index (χ0) is 12.5. The van der Waals surface area contributed by atoms with Crippen molar-refractivity contribution >= 4 is 17.0 Å². The molecule has 2 N–H and O–H groups in total. The molecule has 2 heterocycles. The van der Waals surface area contributed by atoms with Crippen LogP contribution in [0.2, 0.25) is 0 Å². The number of nitrogens with zero attached hydrogens (tertiary/aromatic N) is 2. The van der Waals surface area contributed by atoms with Crippen LogP contribution in [0.15, 0.2) is 42.7 Å². The Morgan fingerprint density at radius 2 is 2.06 bits per heavy atom. The zero-order valence-corrected chi connectivity index (χ0v) is 9.29. The molecular formula is C13H9N3O2. The highest BCUT2D eigenvalue weighted by Crippen LogP contribution is 2.23. The van der Waals surface area contributed by atoms with Crippen molar-refractivity contribution in [3.63, 3.8) is 0 Å². The molecule has 0 aliphatic heterocycles. The fourth-order valence-corrected chi connectivity index (χ4v) is 1.86. The highest BCUT2D eigenvalue weighted by atomic mass is 16.4. The van der Waals surface area contributed by atoms with Crippen LogP contribution in [0, 0.1) is 0 Å². The maximum Gasteiger partial charge on any atom is 0.336 e. The Balaban J connectivity index is 2.23. The van der Waals surface area contributed by atoms with Gasteiger partial charge in [0.1, 0.15) is 5.82 Å². The number of benzene rings is 1. The summed E-state index contributed by atoms with van der Waals surface area (Å²) in [6.45, 7) is 0. The number of rotatable bonds is 2. The summed E-state index contributed by atoms with van der Waals surface area (Å²) >= 11 is 0. The van der Waals surface area contributed by atoms with E-state index in [4.69, 9.17) is 5.11 Å². The normalized spacial score (nSPS) is 10.7. The van der Waals surface area contributed by atoms with E-state index in [0.29, 0.717) is 11.4 Å². The monoisotopic (exact) mass is 239 g/mol. The summed E-state index contributed by atoms with van der Waals surface area (Å²) in [4.78, 5) is 22.6. The first-order valence-electron chi connectivity index (χ1n) is 5.38. The number of aromatic amines is 1. The summed E-state index contributed by atoms with van der Waals surface area (Å²) in [5, 5.41) is 9.15. The van der Waals surface area contributed by atoms with Crippen molar-refractivity contribution in [1.29, 1.82) is 0 Å². The average Bonchev–Trinajstić information content (AvgIpc) is 2.82. The minimum absolute atomic E-state index is 0.226. The summed E-state index contributed by atoms with van der Waals surface area (Å²) in [5.41, 5.74) is 2.35. The van der Waals surface area contributed by atoms with Crippen LogP contribution < -0.4 is 0 Å². The van der Waals surface area contributed by atoms with Crippen molar-refractivity contribution in [1.82, 2.24) is 15.0 Å². The predicted octanol–water partition coefficient (Wildman–Crippen LogP) is 2.32. The van der Waals surface area contributed by atoms with Crippen molar-refractivity contribution in [2.24, 2.45) is 0 Å². The number of hydrogen-bond acceptors (Lipinski definition) is 3. The van der Waals surface area contributed by atoms with E-state index in [1.807, 2.05) is 0 Å². The number of pyridine rings is 1. The van der Waals surface area contributed by atoms with Gasteiger partial charge in [0, 0.05) is 11.8 Å². The van der Waals surface area contributed by atoms with E-state index in [1.54, 1.807) is 42.7 Å². The number of aromatic nitrogens is 3. The topological polar surface area (TPSA) is 78.9 Å². The lowest BCUT2D eigenvalue weighted by Crippen LogP contribution is -1.99. The lowest BCUT2D eigenvalue weighted by atomic mass is 10.1. The highest BCUT2D eigenvalue weighted by Gasteiger charge is 2.13. The Morgan fingerprint density at radius 3 is 2.83 bits per heavy atom. The number of carboxylic acids is 1. The Hall–Kier alpha value is -2.69. The van der Waals surface area contributed by atoms with Crippen molar-refractivity contribution < 1.29 is 9.90 Å². The Labute approximate surface area is 102 Å². The molecule has 0 radical (unpaired) electrons. The quantitative estimate of drug-likeness (QED) is 0.719. The predicted molar refractivity (Wildman–Crippen MR) is 66.3 cm³/mol. The van der Waals surface area contributed by atoms with Crippen LogP contribution in [0.5, 0.6) is 0 Å². The molecule has 0 saturated carbocycles. The Morgan fingerprint density at radius 1 is 1.22 bits per heavy atom. The molecule has 0 aliphatic rings. The standard InChI is InChI=1S/C13H9N3O2/c17-13(18)9-4-2-1-3-8(9)12-15-10-5-6-14-7-11(10)16-12/h1-7H,(H,15,16)(H,17,18). The molecule has 0 spiro atoms. The van der Waals surface area contributed by atoms with Crippen LogP contribution in [-0.2, 0) is 0 Å². The fourth-order valence-electron chi connectivity index (χ4n) is 1.86. The lowest BCUT2D eigenvalue weighted by molar-refractivity contribution is 0.0697. The summed E-state index contributed by atoms with van der Waals surface area (Å²) < 4.78 is 0. The Kier molecular flexibility index (Phi) is 2.30. The average molecular weight is 239 g/mol. The maximum atomic E-state index is 11.2. The van der Waals surface area contributed by atoms with E-state index < -0.39 is 5.97 Å². The van der Waals surface area contributed by atoms with E-state index in [2.05, 4.69) is 15.0 Å². The van der Waals surface area contributed by atoms with Crippen LogP contribution in [0.3, 0.4) is 0 Å². The van der Waals surface area contributed by atoms with Gasteiger partial charge in [0.2, 0.25) is 0 Å².